The van der Waals surface area contributed by atoms with Crippen molar-refractivity contribution >= 4 is 5.91 Å². The minimum atomic E-state index is -0.210. The lowest BCUT2D eigenvalue weighted by Crippen LogP contribution is -2.31. The molecule has 1 amide bonds. The van der Waals surface area contributed by atoms with Gasteiger partial charge in [-0.3, -0.25) is 4.79 Å². The van der Waals surface area contributed by atoms with Crippen LogP contribution in [0.2, 0.25) is 0 Å². The smallest absolute Gasteiger partial charge is 0.242 e. The van der Waals surface area contributed by atoms with E-state index >= 15 is 0 Å². The second-order valence-electron chi connectivity index (χ2n) is 4.18. The van der Waals surface area contributed by atoms with Gasteiger partial charge in [0, 0.05) is 6.54 Å². The molecule has 0 fully saturated rings. The molecule has 0 aliphatic heterocycles. The second-order valence-corrected chi connectivity index (χ2v) is 4.18. The van der Waals surface area contributed by atoms with Gasteiger partial charge in [0.25, 0.3) is 0 Å². The predicted octanol–water partition coefficient (Wildman–Crippen LogP) is -0.448. The minimum absolute atomic E-state index is 0.0826. The quantitative estimate of drug-likeness (QED) is 0.758. The fourth-order valence-electron chi connectivity index (χ4n) is 1.76. The molecule has 2 heterocycles. The molecule has 0 saturated heterocycles. The molecule has 9 nitrogen and oxygen atoms in total. The van der Waals surface area contributed by atoms with Crippen molar-refractivity contribution in [1.82, 2.24) is 40.3 Å². The molecule has 19 heavy (non-hydrogen) atoms. The number of rotatable bonds is 6. The first-order valence-corrected chi connectivity index (χ1v) is 6.08. The molecule has 0 aromatic carbocycles. The molecule has 0 aliphatic carbocycles. The maximum atomic E-state index is 11.8. The van der Waals surface area contributed by atoms with Crippen molar-refractivity contribution in [2.24, 2.45) is 0 Å². The van der Waals surface area contributed by atoms with E-state index in [9.17, 15) is 4.79 Å². The molecule has 0 saturated carbocycles. The van der Waals surface area contributed by atoms with Crippen molar-refractivity contribution in [3.8, 4) is 0 Å². The maximum absolute atomic E-state index is 11.8. The average molecular weight is 264 g/mol. The number of aromatic nitrogens is 7. The number of nitrogens with zero attached hydrogens (tertiary/aromatic N) is 7. The van der Waals surface area contributed by atoms with Crippen molar-refractivity contribution in [3.05, 3.63) is 18.5 Å². The first-order chi connectivity index (χ1) is 9.20. The Morgan fingerprint density at radius 3 is 2.95 bits per heavy atom. The first kappa shape index (κ1) is 13.1. The van der Waals surface area contributed by atoms with Crippen LogP contribution in [0.4, 0.5) is 0 Å². The second kappa shape index (κ2) is 6.03. The monoisotopic (exact) mass is 264 g/mol. The molecule has 1 N–H and O–H groups in total. The van der Waals surface area contributed by atoms with Crippen LogP contribution < -0.4 is 5.32 Å². The van der Waals surface area contributed by atoms with Gasteiger partial charge < -0.3 is 9.88 Å². The van der Waals surface area contributed by atoms with Gasteiger partial charge in [0.2, 0.25) is 5.91 Å². The van der Waals surface area contributed by atoms with Gasteiger partial charge in [0.15, 0.2) is 5.82 Å². The van der Waals surface area contributed by atoms with Gasteiger partial charge in [-0.15, -0.1) is 15.3 Å². The van der Waals surface area contributed by atoms with E-state index < -0.39 is 0 Å². The van der Waals surface area contributed by atoms with Crippen LogP contribution in [0.15, 0.2) is 12.7 Å². The topological polar surface area (TPSA) is 103 Å². The Balaban J connectivity index is 1.94. The Bertz CT molecular complexity index is 519. The Hall–Kier alpha value is -2.32. The van der Waals surface area contributed by atoms with Crippen LogP contribution in [-0.2, 0) is 17.9 Å². The summed E-state index contributed by atoms with van der Waals surface area (Å²) in [4.78, 5) is 11.8. The van der Waals surface area contributed by atoms with E-state index in [0.717, 1.165) is 18.8 Å². The highest BCUT2D eigenvalue weighted by Crippen LogP contribution is 2.09. The molecule has 9 heteroatoms. The van der Waals surface area contributed by atoms with E-state index in [1.165, 1.54) is 11.0 Å². The highest BCUT2D eigenvalue weighted by Gasteiger charge is 2.15. The molecule has 0 unspecified atom stereocenters. The van der Waals surface area contributed by atoms with Gasteiger partial charge in [-0.25, -0.2) is 4.68 Å². The summed E-state index contributed by atoms with van der Waals surface area (Å²) in [5.74, 6) is 0.567. The summed E-state index contributed by atoms with van der Waals surface area (Å²) >= 11 is 0. The summed E-state index contributed by atoms with van der Waals surface area (Å²) in [6.07, 6.45) is 4.04. The number of carbonyl (C=O) groups excluding carboxylic acids is 1. The van der Waals surface area contributed by atoms with Gasteiger partial charge in [0.1, 0.15) is 19.2 Å². The zero-order valence-electron chi connectivity index (χ0n) is 10.9. The molecular weight excluding hydrogens is 248 g/mol. The van der Waals surface area contributed by atoms with Crippen LogP contribution in [0.1, 0.15) is 32.1 Å². The van der Waals surface area contributed by atoms with Crippen molar-refractivity contribution in [2.75, 3.05) is 0 Å². The molecule has 1 atom stereocenters. The summed E-state index contributed by atoms with van der Waals surface area (Å²) in [6, 6.07) is -0.210. The van der Waals surface area contributed by atoms with E-state index in [1.54, 1.807) is 6.33 Å². The third-order valence-corrected chi connectivity index (χ3v) is 2.57. The van der Waals surface area contributed by atoms with Crippen molar-refractivity contribution in [1.29, 1.82) is 0 Å². The molecule has 2 aromatic heterocycles. The molecular formula is C10H16N8O. The summed E-state index contributed by atoms with van der Waals surface area (Å²) in [5.41, 5.74) is 0. The lowest BCUT2D eigenvalue weighted by molar-refractivity contribution is -0.122. The van der Waals surface area contributed by atoms with Gasteiger partial charge in [-0.1, -0.05) is 6.92 Å². The largest absolute Gasteiger partial charge is 0.345 e. The summed E-state index contributed by atoms with van der Waals surface area (Å²) in [7, 11) is 0. The maximum Gasteiger partial charge on any atom is 0.242 e. The number of nitrogens with one attached hydrogen (secondary N) is 1. The lowest BCUT2D eigenvalue weighted by Gasteiger charge is -2.14. The number of hydrogen-bond acceptors (Lipinski definition) is 6. The lowest BCUT2D eigenvalue weighted by atomic mass is 10.3. The standard InChI is InChI=1S/C10H16N8O/c1-3-4-17-6-11-14-10(17)8(2)13-9(19)5-18-7-12-15-16-18/h6-8H,3-5H2,1-2H3,(H,13,19)/t8-/m1/s1. The van der Waals surface area contributed by atoms with Crippen LogP contribution in [0.3, 0.4) is 0 Å². The van der Waals surface area contributed by atoms with Gasteiger partial charge in [-0.2, -0.15) is 0 Å². The molecule has 0 radical (unpaired) electrons. The van der Waals surface area contributed by atoms with Crippen LogP contribution in [0.5, 0.6) is 0 Å². The van der Waals surface area contributed by atoms with Crippen molar-refractivity contribution in [3.63, 3.8) is 0 Å². The van der Waals surface area contributed by atoms with E-state index in [-0.39, 0.29) is 18.5 Å². The predicted molar refractivity (Wildman–Crippen MR) is 64.7 cm³/mol. The fraction of sp³-hybridized carbons (Fsp3) is 0.600. The third-order valence-electron chi connectivity index (χ3n) is 2.57. The van der Waals surface area contributed by atoms with E-state index in [2.05, 4.69) is 38.0 Å². The molecule has 102 valence electrons. The molecule has 0 bridgehead atoms. The Labute approximate surface area is 110 Å². The highest BCUT2D eigenvalue weighted by molar-refractivity contribution is 5.75. The summed E-state index contributed by atoms with van der Waals surface area (Å²) in [5, 5.41) is 21.3. The van der Waals surface area contributed by atoms with Crippen molar-refractivity contribution in [2.45, 2.75) is 39.4 Å². The molecule has 0 spiro atoms. The number of carbonyl (C=O) groups is 1. The van der Waals surface area contributed by atoms with Crippen LogP contribution >= 0.6 is 0 Å². The zero-order valence-corrected chi connectivity index (χ0v) is 10.9. The Morgan fingerprint density at radius 1 is 1.42 bits per heavy atom. The first-order valence-electron chi connectivity index (χ1n) is 6.08. The van der Waals surface area contributed by atoms with Gasteiger partial charge >= 0.3 is 0 Å². The molecule has 2 rings (SSSR count). The summed E-state index contributed by atoms with van der Waals surface area (Å²) < 4.78 is 3.29. The van der Waals surface area contributed by atoms with E-state index in [0.29, 0.717) is 0 Å². The van der Waals surface area contributed by atoms with E-state index in [4.69, 9.17) is 0 Å². The van der Waals surface area contributed by atoms with E-state index in [1.807, 2.05) is 11.5 Å². The fourth-order valence-corrected chi connectivity index (χ4v) is 1.76. The SMILES string of the molecule is CCCn1cnnc1[C@@H](C)NC(=O)Cn1cnnn1. The highest BCUT2D eigenvalue weighted by atomic mass is 16.2. The third kappa shape index (κ3) is 3.33. The Kier molecular flexibility index (Phi) is 4.16. The van der Waals surface area contributed by atoms with Crippen molar-refractivity contribution < 1.29 is 4.79 Å². The average Bonchev–Trinajstić information content (AvgIpc) is 3.00. The number of aryl methyl sites for hydroxylation is 1. The minimum Gasteiger partial charge on any atom is -0.345 e. The van der Waals surface area contributed by atoms with Crippen LogP contribution in [-0.4, -0.2) is 40.9 Å². The molecule has 0 aliphatic rings. The van der Waals surface area contributed by atoms with Crippen LogP contribution in [0, 0.1) is 0 Å². The molecule has 2 aromatic rings. The van der Waals surface area contributed by atoms with Crippen LogP contribution in [0.25, 0.3) is 0 Å². The summed E-state index contributed by atoms with van der Waals surface area (Å²) in [6.45, 7) is 4.85. The zero-order chi connectivity index (χ0) is 13.7. The number of tetrazole rings is 1. The van der Waals surface area contributed by atoms with Gasteiger partial charge in [0.05, 0.1) is 6.04 Å². The number of hydrogen-bond donors (Lipinski definition) is 1. The Morgan fingerprint density at radius 2 is 2.26 bits per heavy atom. The normalized spacial score (nSPS) is 12.3. The van der Waals surface area contributed by atoms with Gasteiger partial charge in [-0.05, 0) is 23.8 Å². The number of amides is 1.